The quantitative estimate of drug-likeness (QED) is 0.0183. The van der Waals surface area contributed by atoms with E-state index in [0.717, 1.165) is 57.8 Å². The molecule has 0 aliphatic carbocycles. The van der Waals surface area contributed by atoms with E-state index in [0.29, 0.717) is 19.3 Å². The molecule has 11 nitrogen and oxygen atoms in total. The Morgan fingerprint density at radius 2 is 1.00 bits per heavy atom. The maximum atomic E-state index is 12.5. The second-order valence-electron chi connectivity index (χ2n) is 12.8. The molecule has 0 aliphatic heterocycles. The lowest BCUT2D eigenvalue weighted by molar-refractivity contribution is -0.161. The maximum absolute atomic E-state index is 12.5. The Hall–Kier alpha value is -4.38. The number of carbonyl (C=O) groups excluding carboxylic acids is 2. The monoisotopic (exact) mass is 825 g/mol. The van der Waals surface area contributed by atoms with Crippen molar-refractivity contribution < 1.29 is 47.5 Å². The summed E-state index contributed by atoms with van der Waals surface area (Å²) in [5, 5.41) is 8.87. The van der Waals surface area contributed by atoms with Crippen molar-refractivity contribution in [3.8, 4) is 0 Å². The fraction of sp³-hybridized carbons (Fsp3) is 0.457. The summed E-state index contributed by atoms with van der Waals surface area (Å²) in [6.07, 6.45) is 54.0. The minimum absolute atomic E-state index is 0.0455. The van der Waals surface area contributed by atoms with Crippen molar-refractivity contribution in [3.63, 3.8) is 0 Å². The van der Waals surface area contributed by atoms with E-state index in [4.69, 9.17) is 24.8 Å². The van der Waals surface area contributed by atoms with Crippen LogP contribution in [0.3, 0.4) is 0 Å². The molecule has 0 rings (SSSR count). The number of allylic oxidation sites excluding steroid dienone is 22. The Morgan fingerprint density at radius 3 is 1.53 bits per heavy atom. The van der Waals surface area contributed by atoms with Crippen LogP contribution in [0.2, 0.25) is 0 Å². The molecule has 0 bridgehead atoms. The number of unbranched alkanes of at least 4 members (excludes halogenated alkanes) is 3. The molecule has 3 atom stereocenters. The van der Waals surface area contributed by atoms with Crippen molar-refractivity contribution in [1.29, 1.82) is 0 Å². The van der Waals surface area contributed by atoms with Gasteiger partial charge in [-0.15, -0.1) is 0 Å². The van der Waals surface area contributed by atoms with Gasteiger partial charge in [-0.1, -0.05) is 148 Å². The van der Waals surface area contributed by atoms with Gasteiger partial charge in [0, 0.05) is 12.8 Å². The third-order valence-electron chi connectivity index (χ3n) is 7.52. The maximum Gasteiger partial charge on any atom is 0.472 e. The molecule has 0 amide bonds. The summed E-state index contributed by atoms with van der Waals surface area (Å²) < 4.78 is 32.5. The number of hydrogen-bond acceptors (Lipinski definition) is 9. The minimum atomic E-state index is -4.75. The van der Waals surface area contributed by atoms with Gasteiger partial charge in [-0.3, -0.25) is 23.4 Å². The zero-order valence-electron chi connectivity index (χ0n) is 34.6. The number of ether oxygens (including phenoxy) is 2. The van der Waals surface area contributed by atoms with Crippen molar-refractivity contribution in [3.05, 3.63) is 134 Å². The topological polar surface area (TPSA) is 172 Å². The van der Waals surface area contributed by atoms with Gasteiger partial charge in [-0.2, -0.15) is 0 Å². The average Bonchev–Trinajstić information content (AvgIpc) is 3.20. The Morgan fingerprint density at radius 1 is 0.552 bits per heavy atom. The van der Waals surface area contributed by atoms with Gasteiger partial charge in [0.2, 0.25) is 0 Å². The summed E-state index contributed by atoms with van der Waals surface area (Å²) >= 11 is 0. The number of carboxylic acids is 1. The van der Waals surface area contributed by atoms with Crippen LogP contribution in [0.15, 0.2) is 134 Å². The normalized spacial score (nSPS) is 15.1. The number of aliphatic carboxylic acids is 1. The molecular formula is C46H68NO10P. The van der Waals surface area contributed by atoms with Crippen LogP contribution in [0.5, 0.6) is 0 Å². The van der Waals surface area contributed by atoms with Crippen LogP contribution < -0.4 is 5.73 Å². The van der Waals surface area contributed by atoms with Crippen molar-refractivity contribution in [2.75, 3.05) is 19.8 Å². The van der Waals surface area contributed by atoms with E-state index in [1.165, 1.54) is 0 Å². The fourth-order valence-corrected chi connectivity index (χ4v) is 5.17. The Bertz CT molecular complexity index is 1480. The standard InChI is InChI=1S/C46H68NO10P/c1-3-5-7-9-11-13-15-17-18-19-20-21-22-23-24-26-27-29-31-33-35-37-44(48)54-39-42(40-55-58(52,53)56-41-43(47)46(50)51)57-45(49)38-36-34-32-30-28-25-16-14-12-10-8-6-4-2/h5-8,10-14,16-18,20-21,23-25,27-30,32,42-43H,3-4,9,15,19,22,26,31,33-41,47H2,1-2H3,(H,50,51)(H,52,53)/b7-5+,8-6+,12-10+,13-11+,16-14+,18-17+,21-20+,24-23+,28-25+,29-27+,32-30+/t42?,43-/m0/s1. The molecule has 0 aromatic carbocycles. The summed E-state index contributed by atoms with van der Waals surface area (Å²) in [5.74, 6) is -2.56. The van der Waals surface area contributed by atoms with Gasteiger partial charge in [0.15, 0.2) is 6.10 Å². The van der Waals surface area contributed by atoms with E-state index >= 15 is 0 Å². The Balaban J connectivity index is 4.58. The number of nitrogens with two attached hydrogens (primary N) is 1. The summed E-state index contributed by atoms with van der Waals surface area (Å²) in [5.41, 5.74) is 5.31. The molecule has 0 heterocycles. The molecule has 0 aromatic heterocycles. The minimum Gasteiger partial charge on any atom is -0.480 e. The number of phosphoric acid groups is 1. The van der Waals surface area contributed by atoms with Crippen LogP contribution >= 0.6 is 7.82 Å². The lowest BCUT2D eigenvalue weighted by Gasteiger charge is -2.20. The molecule has 12 heteroatoms. The van der Waals surface area contributed by atoms with Gasteiger partial charge in [0.25, 0.3) is 0 Å². The lowest BCUT2D eigenvalue weighted by atomic mass is 10.2. The van der Waals surface area contributed by atoms with Crippen LogP contribution in [0.4, 0.5) is 0 Å². The van der Waals surface area contributed by atoms with Crippen LogP contribution in [0.25, 0.3) is 0 Å². The third-order valence-corrected chi connectivity index (χ3v) is 8.47. The summed E-state index contributed by atoms with van der Waals surface area (Å²) in [6.45, 7) is 2.38. The summed E-state index contributed by atoms with van der Waals surface area (Å²) in [6, 6.07) is -1.55. The highest BCUT2D eigenvalue weighted by Crippen LogP contribution is 2.43. The molecule has 2 unspecified atom stereocenters. The molecule has 0 aromatic rings. The third kappa shape index (κ3) is 38.5. The van der Waals surface area contributed by atoms with E-state index in [1.54, 1.807) is 0 Å². The molecule has 0 saturated heterocycles. The lowest BCUT2D eigenvalue weighted by Crippen LogP contribution is -2.34. The molecule has 0 saturated carbocycles. The van der Waals surface area contributed by atoms with Crippen LogP contribution in [0.1, 0.15) is 104 Å². The van der Waals surface area contributed by atoms with Gasteiger partial charge in [-0.05, 0) is 77.0 Å². The first-order chi connectivity index (χ1) is 28.1. The number of carboxylic acid groups (broad SMARTS) is 1. The zero-order chi connectivity index (χ0) is 42.8. The molecule has 0 radical (unpaired) electrons. The molecule has 0 fully saturated rings. The van der Waals surface area contributed by atoms with E-state index in [9.17, 15) is 23.8 Å². The number of esters is 2. The van der Waals surface area contributed by atoms with Gasteiger partial charge in [0.05, 0.1) is 13.2 Å². The first-order valence-corrected chi connectivity index (χ1v) is 21.8. The average molecular weight is 826 g/mol. The zero-order valence-corrected chi connectivity index (χ0v) is 35.5. The number of hydrogen-bond donors (Lipinski definition) is 3. The molecule has 4 N–H and O–H groups in total. The van der Waals surface area contributed by atoms with Gasteiger partial charge < -0.3 is 25.2 Å². The Kier molecular flexibility index (Phi) is 36.5. The predicted molar refractivity (Wildman–Crippen MR) is 235 cm³/mol. The van der Waals surface area contributed by atoms with Gasteiger partial charge in [-0.25, -0.2) is 4.57 Å². The molecule has 58 heavy (non-hydrogen) atoms. The van der Waals surface area contributed by atoms with Crippen molar-refractivity contribution >= 4 is 25.7 Å². The number of rotatable bonds is 35. The predicted octanol–water partition coefficient (Wildman–Crippen LogP) is 10.6. The van der Waals surface area contributed by atoms with E-state index in [2.05, 4.69) is 97.4 Å². The molecule has 322 valence electrons. The van der Waals surface area contributed by atoms with Gasteiger partial charge in [0.1, 0.15) is 12.6 Å². The number of phosphoric ester groups is 1. The second-order valence-corrected chi connectivity index (χ2v) is 14.2. The van der Waals surface area contributed by atoms with E-state index < -0.39 is 57.7 Å². The smallest absolute Gasteiger partial charge is 0.472 e. The SMILES string of the molecule is CC/C=C/C=C/C=C/C=C/C=C/CCCC(=O)OC(COC(=O)CCCC/C=C/C/C=C/C/C=C/C/C=C/C/C=C/C/C=C/CC)COP(=O)(O)OC[C@H](N)C(=O)O. The van der Waals surface area contributed by atoms with Crippen LogP contribution in [-0.2, 0) is 37.5 Å². The Labute approximate surface area is 347 Å². The second kappa shape index (κ2) is 39.4. The van der Waals surface area contributed by atoms with E-state index in [-0.39, 0.29) is 12.8 Å². The highest BCUT2D eigenvalue weighted by molar-refractivity contribution is 7.47. The molecule has 0 aliphatic rings. The van der Waals surface area contributed by atoms with Crippen molar-refractivity contribution in [2.24, 2.45) is 5.73 Å². The summed E-state index contributed by atoms with van der Waals surface area (Å²) in [4.78, 5) is 45.8. The fourth-order valence-electron chi connectivity index (χ4n) is 4.39. The van der Waals surface area contributed by atoms with Crippen LogP contribution in [-0.4, -0.2) is 59.9 Å². The highest BCUT2D eigenvalue weighted by atomic mass is 31.2. The van der Waals surface area contributed by atoms with Crippen LogP contribution in [0, 0.1) is 0 Å². The highest BCUT2D eigenvalue weighted by Gasteiger charge is 2.28. The summed E-state index contributed by atoms with van der Waals surface area (Å²) in [7, 11) is -4.75. The van der Waals surface area contributed by atoms with Crippen molar-refractivity contribution in [1.82, 2.24) is 0 Å². The number of carbonyl (C=O) groups is 3. The largest absolute Gasteiger partial charge is 0.480 e. The first kappa shape index (κ1) is 53.6. The molecular weight excluding hydrogens is 757 g/mol. The first-order valence-electron chi connectivity index (χ1n) is 20.3. The van der Waals surface area contributed by atoms with E-state index in [1.807, 2.05) is 54.7 Å². The van der Waals surface area contributed by atoms with Crippen molar-refractivity contribution in [2.45, 2.75) is 116 Å². The van der Waals surface area contributed by atoms with Gasteiger partial charge >= 0.3 is 25.7 Å². The molecule has 0 spiro atoms.